The summed E-state index contributed by atoms with van der Waals surface area (Å²) < 4.78 is 16.2. The summed E-state index contributed by atoms with van der Waals surface area (Å²) in [7, 11) is 0. The fraction of sp³-hybridized carbons (Fsp3) is 0.381. The normalized spacial score (nSPS) is 19.7. The van der Waals surface area contributed by atoms with Crippen LogP contribution in [0.4, 0.5) is 0 Å². The number of rotatable bonds is 4. The van der Waals surface area contributed by atoms with Gasteiger partial charge in [0, 0.05) is 26.2 Å². The van der Waals surface area contributed by atoms with Gasteiger partial charge in [-0.2, -0.15) is 0 Å². The first kappa shape index (κ1) is 18.0. The standard InChI is InChI=1S/C21H22BrN3O3/c22-16-6-7-17-19-20(16)28-14-18(15-4-2-1-3-5-15)25(19)21(26)24(17)9-8-23-10-12-27-13-11-23/h1-7,18H,8-14H2. The molecule has 2 aliphatic rings. The molecular weight excluding hydrogens is 422 g/mol. The van der Waals surface area contributed by atoms with Crippen molar-refractivity contribution in [2.45, 2.75) is 12.6 Å². The molecule has 28 heavy (non-hydrogen) atoms. The second-order valence-electron chi connectivity index (χ2n) is 7.24. The van der Waals surface area contributed by atoms with Crippen molar-refractivity contribution in [1.82, 2.24) is 14.0 Å². The summed E-state index contributed by atoms with van der Waals surface area (Å²) in [4.78, 5) is 15.8. The molecule has 3 heterocycles. The third-order valence-corrected chi connectivity index (χ3v) is 6.28. The van der Waals surface area contributed by atoms with E-state index in [2.05, 4.69) is 33.0 Å². The number of aromatic nitrogens is 2. The van der Waals surface area contributed by atoms with Gasteiger partial charge < -0.3 is 9.47 Å². The molecule has 0 aliphatic carbocycles. The second kappa shape index (κ2) is 7.39. The molecule has 1 fully saturated rings. The van der Waals surface area contributed by atoms with Crippen molar-refractivity contribution < 1.29 is 9.47 Å². The molecular formula is C21H22BrN3O3. The van der Waals surface area contributed by atoms with E-state index >= 15 is 0 Å². The zero-order valence-electron chi connectivity index (χ0n) is 15.5. The van der Waals surface area contributed by atoms with E-state index in [0.29, 0.717) is 13.2 Å². The molecule has 0 spiro atoms. The maximum atomic E-state index is 13.5. The smallest absolute Gasteiger partial charge is 0.329 e. The zero-order valence-corrected chi connectivity index (χ0v) is 17.1. The fourth-order valence-corrected chi connectivity index (χ4v) is 4.62. The molecule has 5 rings (SSSR count). The van der Waals surface area contributed by atoms with Crippen LogP contribution in [0.5, 0.6) is 5.75 Å². The lowest BCUT2D eigenvalue weighted by Crippen LogP contribution is -2.40. The van der Waals surface area contributed by atoms with Gasteiger partial charge in [0.2, 0.25) is 0 Å². The van der Waals surface area contributed by atoms with Crippen LogP contribution < -0.4 is 10.4 Å². The maximum Gasteiger partial charge on any atom is 0.329 e. The van der Waals surface area contributed by atoms with Crippen LogP contribution in [0.25, 0.3) is 11.0 Å². The van der Waals surface area contributed by atoms with Gasteiger partial charge in [0.1, 0.15) is 12.1 Å². The van der Waals surface area contributed by atoms with Crippen LogP contribution in [0.15, 0.2) is 51.7 Å². The summed E-state index contributed by atoms with van der Waals surface area (Å²) in [6, 6.07) is 14.0. The number of halogens is 1. The average molecular weight is 444 g/mol. The topological polar surface area (TPSA) is 48.6 Å². The van der Waals surface area contributed by atoms with E-state index in [4.69, 9.17) is 9.47 Å². The quantitative estimate of drug-likeness (QED) is 0.621. The maximum absolute atomic E-state index is 13.5. The Balaban J connectivity index is 1.60. The van der Waals surface area contributed by atoms with Crippen molar-refractivity contribution in [2.24, 2.45) is 0 Å². The number of ether oxygens (including phenoxy) is 2. The highest BCUT2D eigenvalue weighted by Gasteiger charge is 2.30. The van der Waals surface area contributed by atoms with Crippen molar-refractivity contribution in [3.63, 3.8) is 0 Å². The lowest BCUT2D eigenvalue weighted by Gasteiger charge is -2.26. The van der Waals surface area contributed by atoms with Crippen LogP contribution in [0.3, 0.4) is 0 Å². The number of hydrogen-bond donors (Lipinski definition) is 0. The number of morpholine rings is 1. The van der Waals surface area contributed by atoms with Crippen LogP contribution in [0.2, 0.25) is 0 Å². The van der Waals surface area contributed by atoms with Crippen molar-refractivity contribution in [3.05, 3.63) is 63.0 Å². The average Bonchev–Trinajstić information content (AvgIpc) is 3.03. The second-order valence-corrected chi connectivity index (χ2v) is 8.09. The molecule has 146 valence electrons. The molecule has 2 aliphatic heterocycles. The number of benzene rings is 2. The summed E-state index contributed by atoms with van der Waals surface area (Å²) in [6.07, 6.45) is 0. The van der Waals surface area contributed by atoms with Gasteiger partial charge in [-0.3, -0.25) is 14.0 Å². The monoisotopic (exact) mass is 443 g/mol. The number of nitrogens with zero attached hydrogens (tertiary/aromatic N) is 3. The van der Waals surface area contributed by atoms with Crippen molar-refractivity contribution in [3.8, 4) is 5.75 Å². The Morgan fingerprint density at radius 2 is 1.82 bits per heavy atom. The van der Waals surface area contributed by atoms with Crippen LogP contribution in [0.1, 0.15) is 11.6 Å². The van der Waals surface area contributed by atoms with E-state index in [0.717, 1.165) is 59.7 Å². The molecule has 6 nitrogen and oxygen atoms in total. The van der Waals surface area contributed by atoms with Gasteiger partial charge in [-0.05, 0) is 33.6 Å². The van der Waals surface area contributed by atoms with E-state index < -0.39 is 0 Å². The Bertz CT molecular complexity index is 1050. The van der Waals surface area contributed by atoms with Gasteiger partial charge >= 0.3 is 5.69 Å². The van der Waals surface area contributed by atoms with Gasteiger partial charge in [-0.25, -0.2) is 4.79 Å². The molecule has 7 heteroatoms. The third-order valence-electron chi connectivity index (χ3n) is 5.66. The van der Waals surface area contributed by atoms with Crippen molar-refractivity contribution in [1.29, 1.82) is 0 Å². The highest BCUT2D eigenvalue weighted by atomic mass is 79.9. The van der Waals surface area contributed by atoms with Crippen LogP contribution >= 0.6 is 15.9 Å². The predicted molar refractivity (Wildman–Crippen MR) is 111 cm³/mol. The first-order chi connectivity index (χ1) is 13.7. The Labute approximate surface area is 171 Å². The molecule has 2 aromatic carbocycles. The van der Waals surface area contributed by atoms with Crippen LogP contribution in [0, 0.1) is 0 Å². The van der Waals surface area contributed by atoms with Crippen molar-refractivity contribution in [2.75, 3.05) is 39.5 Å². The summed E-state index contributed by atoms with van der Waals surface area (Å²) >= 11 is 3.59. The summed E-state index contributed by atoms with van der Waals surface area (Å²) in [5, 5.41) is 0. The number of hydrogen-bond acceptors (Lipinski definition) is 4. The Kier molecular flexibility index (Phi) is 4.74. The summed E-state index contributed by atoms with van der Waals surface area (Å²) in [5.41, 5.74) is 2.92. The minimum Gasteiger partial charge on any atom is -0.488 e. The minimum absolute atomic E-state index is 0.0276. The van der Waals surface area contributed by atoms with E-state index in [-0.39, 0.29) is 11.7 Å². The summed E-state index contributed by atoms with van der Waals surface area (Å²) in [6.45, 7) is 5.30. The molecule has 1 unspecified atom stereocenters. The minimum atomic E-state index is -0.123. The van der Waals surface area contributed by atoms with Gasteiger partial charge in [0.05, 0.1) is 29.2 Å². The summed E-state index contributed by atoms with van der Waals surface area (Å²) in [5.74, 6) is 0.756. The van der Waals surface area contributed by atoms with E-state index in [1.807, 2.05) is 39.5 Å². The van der Waals surface area contributed by atoms with Crippen LogP contribution in [-0.2, 0) is 11.3 Å². The van der Waals surface area contributed by atoms with Crippen LogP contribution in [-0.4, -0.2) is 53.5 Å². The lowest BCUT2D eigenvalue weighted by atomic mass is 10.1. The Hall–Kier alpha value is -2.09. The first-order valence-corrected chi connectivity index (χ1v) is 10.4. The Morgan fingerprint density at radius 1 is 1.04 bits per heavy atom. The van der Waals surface area contributed by atoms with E-state index in [1.54, 1.807) is 0 Å². The van der Waals surface area contributed by atoms with Gasteiger partial charge in [-0.15, -0.1) is 0 Å². The largest absolute Gasteiger partial charge is 0.488 e. The molecule has 0 N–H and O–H groups in total. The van der Waals surface area contributed by atoms with Gasteiger partial charge in [0.15, 0.2) is 5.75 Å². The molecule has 0 bridgehead atoms. The van der Waals surface area contributed by atoms with Gasteiger partial charge in [-0.1, -0.05) is 30.3 Å². The van der Waals surface area contributed by atoms with E-state index in [9.17, 15) is 4.79 Å². The molecule has 1 saturated heterocycles. The highest BCUT2D eigenvalue weighted by molar-refractivity contribution is 9.10. The highest BCUT2D eigenvalue weighted by Crippen LogP contribution is 2.39. The lowest BCUT2D eigenvalue weighted by molar-refractivity contribution is 0.0364. The Morgan fingerprint density at radius 3 is 2.61 bits per heavy atom. The molecule has 0 saturated carbocycles. The molecule has 0 radical (unpaired) electrons. The zero-order chi connectivity index (χ0) is 19.1. The fourth-order valence-electron chi connectivity index (χ4n) is 4.18. The van der Waals surface area contributed by atoms with E-state index in [1.165, 1.54) is 0 Å². The molecule has 0 amide bonds. The molecule has 1 aromatic heterocycles. The molecule has 1 atom stereocenters. The third kappa shape index (κ3) is 2.98. The molecule has 3 aromatic rings. The van der Waals surface area contributed by atoms with Crippen molar-refractivity contribution >= 4 is 27.0 Å². The number of imidazole rings is 1. The first-order valence-electron chi connectivity index (χ1n) is 9.65. The SMILES string of the molecule is O=c1n(CCN2CCOCC2)c2ccc(Br)c3c2n1C(c1ccccc1)CO3. The van der Waals surface area contributed by atoms with Gasteiger partial charge in [0.25, 0.3) is 0 Å². The predicted octanol–water partition coefficient (Wildman–Crippen LogP) is 2.88.